The Kier molecular flexibility index (Phi) is 7.87. The van der Waals surface area contributed by atoms with Crippen LogP contribution in [0.15, 0.2) is 36.4 Å². The van der Waals surface area contributed by atoms with Crippen molar-refractivity contribution < 1.29 is 17.9 Å². The highest BCUT2D eigenvalue weighted by molar-refractivity contribution is 7.87. The Morgan fingerprint density at radius 3 is 2.56 bits per heavy atom. The highest BCUT2D eigenvalue weighted by atomic mass is 32.2. The van der Waals surface area contributed by atoms with Crippen molar-refractivity contribution in [3.05, 3.63) is 53.1 Å². The van der Waals surface area contributed by atoms with Crippen LogP contribution in [0.5, 0.6) is 5.75 Å². The van der Waals surface area contributed by atoms with E-state index in [1.54, 1.807) is 6.07 Å². The predicted molar refractivity (Wildman–Crippen MR) is 163 cm³/mol. The number of carbonyl (C=O) groups is 1. The van der Waals surface area contributed by atoms with Gasteiger partial charge in [0.15, 0.2) is 0 Å². The van der Waals surface area contributed by atoms with Gasteiger partial charge in [-0.25, -0.2) is 4.72 Å². The topological polar surface area (TPSA) is 83.9 Å². The summed E-state index contributed by atoms with van der Waals surface area (Å²) in [7, 11) is -0.336. The maximum absolute atomic E-state index is 13.4. The van der Waals surface area contributed by atoms with Gasteiger partial charge in [-0.3, -0.25) is 4.79 Å². The molecule has 0 radical (unpaired) electrons. The van der Waals surface area contributed by atoms with Crippen molar-refractivity contribution in [1.29, 1.82) is 0 Å². The van der Waals surface area contributed by atoms with Gasteiger partial charge in [-0.2, -0.15) is 12.7 Å². The molecular weight excluding hydrogens is 536 g/mol. The Balaban J connectivity index is 1.58. The fraction of sp³-hybridized carbons (Fsp3) is 0.531. The molecule has 1 aromatic heterocycles. The molecule has 3 heterocycles. The Hall–Kier alpha value is -2.88. The van der Waals surface area contributed by atoms with Crippen LogP contribution in [-0.4, -0.2) is 68.4 Å². The Labute approximate surface area is 243 Å². The van der Waals surface area contributed by atoms with E-state index in [4.69, 9.17) is 4.74 Å². The zero-order valence-corrected chi connectivity index (χ0v) is 25.3. The molecule has 41 heavy (non-hydrogen) atoms. The fourth-order valence-electron chi connectivity index (χ4n) is 6.97. The van der Waals surface area contributed by atoms with Gasteiger partial charge < -0.3 is 14.2 Å². The van der Waals surface area contributed by atoms with E-state index in [-0.39, 0.29) is 5.92 Å². The number of rotatable bonds is 1. The minimum atomic E-state index is -3.95. The quantitative estimate of drug-likeness (QED) is 0.424. The molecule has 1 amide bonds. The number of amides is 1. The van der Waals surface area contributed by atoms with Crippen molar-refractivity contribution in [3.8, 4) is 17.0 Å². The molecule has 0 spiro atoms. The number of fused-ring (bicyclic) bond motifs is 4. The number of aryl methyl sites for hydroxylation is 1. The highest BCUT2D eigenvalue weighted by Gasteiger charge is 2.32. The molecule has 2 aromatic carbocycles. The maximum Gasteiger partial charge on any atom is 0.303 e. The smallest absolute Gasteiger partial charge is 0.303 e. The molecule has 0 saturated heterocycles. The van der Waals surface area contributed by atoms with Crippen molar-refractivity contribution in [2.24, 2.45) is 5.92 Å². The standard InChI is InChI=1S/C32H42N4O4S/c1-22-9-7-12-27-30-29(24-10-5-4-6-11-24)26-14-13-25-19-28(26)36(30)20-23(21-40-31(22)27)15-18-34(2)16-8-17-35(3)41(38,39)33-32(25)37/h7,9,12-14,19,23-24H,4-6,8,10-11,15-18,20-21H2,1-3H3,(H,33,37)/t23-/m1/s1. The second-order valence-corrected chi connectivity index (χ2v) is 14.0. The number of ether oxygens (including phenoxy) is 1. The average molecular weight is 579 g/mol. The first-order valence-electron chi connectivity index (χ1n) is 15.1. The SMILES string of the molecule is Cc1cccc2c1OC[C@@H]1CCN(C)CCCN(C)S(=O)(=O)NC(=O)c3ccc4c(C5CCCCC5)c-2n(c4c3)C1. The second kappa shape index (κ2) is 11.4. The molecule has 4 bridgehead atoms. The van der Waals surface area contributed by atoms with E-state index in [1.165, 1.54) is 41.9 Å². The van der Waals surface area contributed by atoms with Crippen LogP contribution in [0, 0.1) is 12.8 Å². The molecule has 3 aliphatic rings. The number of benzene rings is 2. The van der Waals surface area contributed by atoms with Crippen LogP contribution in [0.4, 0.5) is 0 Å². The van der Waals surface area contributed by atoms with Crippen LogP contribution in [0.2, 0.25) is 0 Å². The van der Waals surface area contributed by atoms with Crippen LogP contribution in [0.3, 0.4) is 0 Å². The summed E-state index contributed by atoms with van der Waals surface area (Å²) in [6, 6.07) is 12.1. The van der Waals surface area contributed by atoms with Crippen LogP contribution in [0.25, 0.3) is 22.2 Å². The summed E-state index contributed by atoms with van der Waals surface area (Å²) in [6.45, 7) is 5.54. The maximum atomic E-state index is 13.4. The lowest BCUT2D eigenvalue weighted by molar-refractivity contribution is 0.0979. The van der Waals surface area contributed by atoms with E-state index in [9.17, 15) is 13.2 Å². The Bertz CT molecular complexity index is 1560. The predicted octanol–water partition coefficient (Wildman–Crippen LogP) is 5.31. The van der Waals surface area contributed by atoms with E-state index in [1.807, 2.05) is 12.1 Å². The van der Waals surface area contributed by atoms with E-state index in [0.29, 0.717) is 31.1 Å². The number of para-hydroxylation sites is 1. The largest absolute Gasteiger partial charge is 0.492 e. The molecule has 1 N–H and O–H groups in total. The van der Waals surface area contributed by atoms with Crippen LogP contribution >= 0.6 is 0 Å². The lowest BCUT2D eigenvalue weighted by Crippen LogP contribution is -2.42. The van der Waals surface area contributed by atoms with Gasteiger partial charge in [-0.05, 0) is 88.0 Å². The van der Waals surface area contributed by atoms with Crippen molar-refractivity contribution in [2.75, 3.05) is 40.3 Å². The molecular formula is C32H42N4O4S. The molecule has 1 atom stereocenters. The van der Waals surface area contributed by atoms with Crippen molar-refractivity contribution in [1.82, 2.24) is 18.5 Å². The summed E-state index contributed by atoms with van der Waals surface area (Å²) >= 11 is 0. The van der Waals surface area contributed by atoms with Gasteiger partial charge in [0.1, 0.15) is 5.75 Å². The summed E-state index contributed by atoms with van der Waals surface area (Å²) in [5.74, 6) is 1.07. The number of aromatic nitrogens is 1. The van der Waals surface area contributed by atoms with Crippen LogP contribution in [-0.2, 0) is 16.8 Å². The molecule has 8 nitrogen and oxygen atoms in total. The molecule has 9 heteroatoms. The molecule has 1 saturated carbocycles. The molecule has 1 aliphatic carbocycles. The van der Waals surface area contributed by atoms with Crippen molar-refractivity contribution >= 4 is 27.0 Å². The third kappa shape index (κ3) is 5.51. The monoisotopic (exact) mass is 578 g/mol. The van der Waals surface area contributed by atoms with Gasteiger partial charge in [-0.15, -0.1) is 0 Å². The lowest BCUT2D eigenvalue weighted by atomic mass is 9.81. The summed E-state index contributed by atoms with van der Waals surface area (Å²) < 4.78 is 38.6. The first-order valence-corrected chi connectivity index (χ1v) is 16.5. The van der Waals surface area contributed by atoms with E-state index in [0.717, 1.165) is 66.7 Å². The number of carbonyl (C=O) groups excluding carboxylic acids is 1. The number of nitrogens with one attached hydrogen (secondary N) is 1. The second-order valence-electron chi connectivity index (χ2n) is 12.3. The van der Waals surface area contributed by atoms with E-state index < -0.39 is 16.1 Å². The molecule has 3 aromatic rings. The minimum absolute atomic E-state index is 0.284. The highest BCUT2D eigenvalue weighted by Crippen LogP contribution is 2.48. The third-order valence-corrected chi connectivity index (χ3v) is 10.8. The summed E-state index contributed by atoms with van der Waals surface area (Å²) in [6.07, 6.45) is 7.64. The molecule has 2 aliphatic heterocycles. The van der Waals surface area contributed by atoms with E-state index in [2.05, 4.69) is 46.4 Å². The van der Waals surface area contributed by atoms with Gasteiger partial charge in [0, 0.05) is 48.1 Å². The minimum Gasteiger partial charge on any atom is -0.492 e. The first-order chi connectivity index (χ1) is 19.7. The number of hydrogen-bond donors (Lipinski definition) is 1. The van der Waals surface area contributed by atoms with Crippen molar-refractivity contribution in [3.63, 3.8) is 0 Å². The van der Waals surface area contributed by atoms with Crippen LogP contribution < -0.4 is 9.46 Å². The Morgan fingerprint density at radius 1 is 0.951 bits per heavy atom. The Morgan fingerprint density at radius 2 is 1.76 bits per heavy atom. The summed E-state index contributed by atoms with van der Waals surface area (Å²) in [5, 5.41) is 1.16. The molecule has 0 unspecified atom stereocenters. The van der Waals surface area contributed by atoms with E-state index >= 15 is 0 Å². The zero-order chi connectivity index (χ0) is 28.7. The molecule has 220 valence electrons. The van der Waals surface area contributed by atoms with Gasteiger partial charge >= 0.3 is 10.2 Å². The zero-order valence-electron chi connectivity index (χ0n) is 24.5. The average Bonchev–Trinajstić information content (AvgIpc) is 3.25. The summed E-state index contributed by atoms with van der Waals surface area (Å²) in [5.41, 5.74) is 6.15. The number of hydrogen-bond acceptors (Lipinski definition) is 5. The number of nitrogens with zero attached hydrogens (tertiary/aromatic N) is 3. The molecule has 6 rings (SSSR count). The van der Waals surface area contributed by atoms with Gasteiger partial charge in [0.25, 0.3) is 5.91 Å². The normalized spacial score (nSPS) is 23.1. The van der Waals surface area contributed by atoms with Gasteiger partial charge in [-0.1, -0.05) is 37.5 Å². The van der Waals surface area contributed by atoms with Crippen LogP contribution in [0.1, 0.15) is 72.3 Å². The third-order valence-electron chi connectivity index (χ3n) is 9.31. The van der Waals surface area contributed by atoms with Gasteiger partial charge in [0.05, 0.1) is 12.3 Å². The van der Waals surface area contributed by atoms with Gasteiger partial charge in [0.2, 0.25) is 0 Å². The fourth-order valence-corrected chi connectivity index (χ4v) is 7.85. The first kappa shape index (κ1) is 28.2. The van der Waals surface area contributed by atoms with Crippen molar-refractivity contribution in [2.45, 2.75) is 64.3 Å². The lowest BCUT2D eigenvalue weighted by Gasteiger charge is -2.29. The summed E-state index contributed by atoms with van der Waals surface area (Å²) in [4.78, 5) is 15.6. The molecule has 1 fully saturated rings.